The lowest BCUT2D eigenvalue weighted by atomic mass is 10.0. The Kier molecular flexibility index (Phi) is 4.48. The van der Waals surface area contributed by atoms with Crippen LogP contribution in [0.15, 0.2) is 18.2 Å². The van der Waals surface area contributed by atoms with Crippen LogP contribution in [0.5, 0.6) is 11.5 Å². The summed E-state index contributed by atoms with van der Waals surface area (Å²) in [5.41, 5.74) is 0.771. The zero-order chi connectivity index (χ0) is 13.0. The number of para-hydroxylation sites is 1. The van der Waals surface area contributed by atoms with Crippen LogP contribution in [0.1, 0.15) is 44.6 Å². The molecule has 0 aromatic heterocycles. The third-order valence-corrected chi connectivity index (χ3v) is 3.94. The van der Waals surface area contributed by atoms with Gasteiger partial charge < -0.3 is 15.5 Å². The molecule has 1 aliphatic rings. The van der Waals surface area contributed by atoms with Crippen LogP contribution in [0.4, 0.5) is 0 Å². The van der Waals surface area contributed by atoms with E-state index in [0.717, 1.165) is 11.5 Å². The fraction of sp³-hybridized carbons (Fsp3) is 0.600. The van der Waals surface area contributed by atoms with Crippen LogP contribution in [-0.4, -0.2) is 16.3 Å². The number of hydrogen-bond donors (Lipinski definition) is 3. The monoisotopic (exact) mass is 249 g/mol. The molecule has 0 spiro atoms. The molecular formula is C15H23NO2. The quantitative estimate of drug-likeness (QED) is 0.569. The average molecular weight is 249 g/mol. The van der Waals surface area contributed by atoms with Gasteiger partial charge in [-0.2, -0.15) is 0 Å². The Morgan fingerprint density at radius 3 is 2.83 bits per heavy atom. The molecule has 0 heterocycles. The molecule has 1 saturated carbocycles. The van der Waals surface area contributed by atoms with Gasteiger partial charge in [-0.3, -0.25) is 0 Å². The standard InChI is InChI=1S/C15H23NO2/c1-11-4-2-6-13(9-8-11)16-10-12-5-3-7-14(17)15(12)18/h3,5,7,11,13,16-18H,2,4,6,8-10H2,1H3. The minimum atomic E-state index is -0.0382. The minimum absolute atomic E-state index is 0.00647. The van der Waals surface area contributed by atoms with Crippen molar-refractivity contribution >= 4 is 0 Å². The predicted octanol–water partition coefficient (Wildman–Crippen LogP) is 3.16. The van der Waals surface area contributed by atoms with Crippen molar-refractivity contribution in [3.8, 4) is 11.5 Å². The summed E-state index contributed by atoms with van der Waals surface area (Å²) < 4.78 is 0. The van der Waals surface area contributed by atoms with Crippen molar-refractivity contribution in [3.05, 3.63) is 23.8 Å². The number of phenolic OH excluding ortho intramolecular Hbond substituents is 2. The molecule has 0 amide bonds. The van der Waals surface area contributed by atoms with Crippen molar-refractivity contribution in [1.29, 1.82) is 0 Å². The molecule has 3 nitrogen and oxygen atoms in total. The van der Waals surface area contributed by atoms with E-state index < -0.39 is 0 Å². The summed E-state index contributed by atoms with van der Waals surface area (Å²) in [6, 6.07) is 5.66. The van der Waals surface area contributed by atoms with Crippen LogP contribution in [-0.2, 0) is 6.54 Å². The van der Waals surface area contributed by atoms with Crippen LogP contribution < -0.4 is 5.32 Å². The highest BCUT2D eigenvalue weighted by Crippen LogP contribution is 2.28. The second-order valence-corrected chi connectivity index (χ2v) is 5.48. The Bertz CT molecular complexity index is 392. The summed E-state index contributed by atoms with van der Waals surface area (Å²) in [5, 5.41) is 22.7. The van der Waals surface area contributed by atoms with Gasteiger partial charge in [0.25, 0.3) is 0 Å². The highest BCUT2D eigenvalue weighted by molar-refractivity contribution is 5.44. The number of hydrogen-bond acceptors (Lipinski definition) is 3. The molecule has 2 atom stereocenters. The maximum absolute atomic E-state index is 9.73. The zero-order valence-corrected chi connectivity index (χ0v) is 11.0. The summed E-state index contributed by atoms with van der Waals surface area (Å²) in [6.07, 6.45) is 6.31. The van der Waals surface area contributed by atoms with E-state index in [-0.39, 0.29) is 11.5 Å². The molecule has 2 rings (SSSR count). The molecule has 0 bridgehead atoms. The molecule has 0 aliphatic heterocycles. The van der Waals surface area contributed by atoms with Gasteiger partial charge in [-0.15, -0.1) is 0 Å². The molecular weight excluding hydrogens is 226 g/mol. The van der Waals surface area contributed by atoms with Crippen molar-refractivity contribution in [2.24, 2.45) is 5.92 Å². The van der Waals surface area contributed by atoms with Crippen LogP contribution in [0, 0.1) is 5.92 Å². The first kappa shape index (κ1) is 13.2. The summed E-state index contributed by atoms with van der Waals surface area (Å²) >= 11 is 0. The van der Waals surface area contributed by atoms with Gasteiger partial charge in [0, 0.05) is 18.2 Å². The van der Waals surface area contributed by atoms with E-state index in [0.29, 0.717) is 12.6 Å². The lowest BCUT2D eigenvalue weighted by molar-refractivity contribution is 0.392. The van der Waals surface area contributed by atoms with Gasteiger partial charge in [0.2, 0.25) is 0 Å². The van der Waals surface area contributed by atoms with E-state index in [1.165, 1.54) is 38.2 Å². The molecule has 2 unspecified atom stereocenters. The van der Waals surface area contributed by atoms with E-state index >= 15 is 0 Å². The fourth-order valence-corrected chi connectivity index (χ4v) is 2.67. The number of rotatable bonds is 3. The number of benzene rings is 1. The zero-order valence-electron chi connectivity index (χ0n) is 11.0. The van der Waals surface area contributed by atoms with E-state index in [4.69, 9.17) is 0 Å². The fourth-order valence-electron chi connectivity index (χ4n) is 2.67. The highest BCUT2D eigenvalue weighted by Gasteiger charge is 2.16. The first-order valence-corrected chi connectivity index (χ1v) is 6.90. The summed E-state index contributed by atoms with van der Waals surface area (Å²) in [4.78, 5) is 0. The van der Waals surface area contributed by atoms with Gasteiger partial charge in [-0.05, 0) is 31.2 Å². The van der Waals surface area contributed by atoms with Gasteiger partial charge in [0.15, 0.2) is 11.5 Å². The van der Waals surface area contributed by atoms with E-state index in [9.17, 15) is 10.2 Å². The lowest BCUT2D eigenvalue weighted by Gasteiger charge is -2.17. The second-order valence-electron chi connectivity index (χ2n) is 5.48. The molecule has 1 aromatic carbocycles. The SMILES string of the molecule is CC1CCCC(NCc2cccc(O)c2O)CC1. The van der Waals surface area contributed by atoms with Gasteiger partial charge in [0.05, 0.1) is 0 Å². The predicted molar refractivity (Wildman–Crippen MR) is 72.6 cm³/mol. The third kappa shape index (κ3) is 3.39. The summed E-state index contributed by atoms with van der Waals surface area (Å²) in [6.45, 7) is 2.95. The molecule has 18 heavy (non-hydrogen) atoms. The van der Waals surface area contributed by atoms with Crippen molar-refractivity contribution in [2.45, 2.75) is 51.6 Å². The Balaban J connectivity index is 1.89. The molecule has 0 radical (unpaired) electrons. The molecule has 100 valence electrons. The normalized spacial score (nSPS) is 24.7. The molecule has 1 fully saturated rings. The topological polar surface area (TPSA) is 52.5 Å². The first-order valence-electron chi connectivity index (χ1n) is 6.90. The maximum Gasteiger partial charge on any atom is 0.161 e. The minimum Gasteiger partial charge on any atom is -0.504 e. The van der Waals surface area contributed by atoms with Gasteiger partial charge in [-0.1, -0.05) is 31.9 Å². The van der Waals surface area contributed by atoms with Crippen LogP contribution in [0.3, 0.4) is 0 Å². The van der Waals surface area contributed by atoms with Crippen molar-refractivity contribution in [1.82, 2.24) is 5.32 Å². The Labute approximate surface area is 109 Å². The van der Waals surface area contributed by atoms with Gasteiger partial charge in [0.1, 0.15) is 0 Å². The lowest BCUT2D eigenvalue weighted by Crippen LogP contribution is -2.27. The molecule has 0 saturated heterocycles. The van der Waals surface area contributed by atoms with Crippen LogP contribution >= 0.6 is 0 Å². The maximum atomic E-state index is 9.73. The van der Waals surface area contributed by atoms with Crippen molar-refractivity contribution < 1.29 is 10.2 Å². The summed E-state index contributed by atoms with van der Waals surface area (Å²) in [7, 11) is 0. The number of aromatic hydroxyl groups is 2. The molecule has 3 heteroatoms. The largest absolute Gasteiger partial charge is 0.504 e. The van der Waals surface area contributed by atoms with Crippen LogP contribution in [0.25, 0.3) is 0 Å². The third-order valence-electron chi connectivity index (χ3n) is 3.94. The molecule has 3 N–H and O–H groups in total. The Hall–Kier alpha value is -1.22. The first-order chi connectivity index (χ1) is 8.66. The summed E-state index contributed by atoms with van der Waals surface area (Å²) in [5.74, 6) is 0.807. The highest BCUT2D eigenvalue weighted by atomic mass is 16.3. The van der Waals surface area contributed by atoms with E-state index in [2.05, 4.69) is 12.2 Å². The Morgan fingerprint density at radius 2 is 2.00 bits per heavy atom. The van der Waals surface area contributed by atoms with Crippen LogP contribution in [0.2, 0.25) is 0 Å². The van der Waals surface area contributed by atoms with Crippen molar-refractivity contribution in [2.75, 3.05) is 0 Å². The number of nitrogens with one attached hydrogen (secondary N) is 1. The number of phenols is 2. The average Bonchev–Trinajstić information content (AvgIpc) is 2.56. The second kappa shape index (κ2) is 6.10. The van der Waals surface area contributed by atoms with E-state index in [1.54, 1.807) is 6.07 Å². The Morgan fingerprint density at radius 1 is 1.17 bits per heavy atom. The molecule has 1 aromatic rings. The smallest absolute Gasteiger partial charge is 0.161 e. The molecule has 1 aliphatic carbocycles. The van der Waals surface area contributed by atoms with Gasteiger partial charge >= 0.3 is 0 Å². The van der Waals surface area contributed by atoms with Crippen molar-refractivity contribution in [3.63, 3.8) is 0 Å². The van der Waals surface area contributed by atoms with E-state index in [1.807, 2.05) is 6.07 Å². The van der Waals surface area contributed by atoms with Gasteiger partial charge in [-0.25, -0.2) is 0 Å².